The molecular weight excluding hydrogens is 274 g/mol. The highest BCUT2D eigenvalue weighted by molar-refractivity contribution is 9.10. The van der Waals surface area contributed by atoms with Gasteiger partial charge < -0.3 is 11.1 Å². The van der Waals surface area contributed by atoms with Gasteiger partial charge >= 0.3 is 0 Å². The van der Waals surface area contributed by atoms with Crippen molar-refractivity contribution in [3.63, 3.8) is 0 Å². The van der Waals surface area contributed by atoms with Gasteiger partial charge in [0.05, 0.1) is 11.4 Å². The Hall–Kier alpha value is -0.860. The van der Waals surface area contributed by atoms with Gasteiger partial charge in [-0.3, -0.25) is 0 Å². The SMILES string of the molecule is C#CCSCCNc1ncc(Br)cc1N. The molecule has 3 nitrogen and oxygen atoms in total. The molecule has 0 atom stereocenters. The van der Waals surface area contributed by atoms with E-state index in [1.807, 2.05) is 6.07 Å². The van der Waals surface area contributed by atoms with Gasteiger partial charge in [0.25, 0.3) is 0 Å². The van der Waals surface area contributed by atoms with Gasteiger partial charge in [-0.05, 0) is 22.0 Å². The Balaban J connectivity index is 2.35. The number of thioether (sulfide) groups is 1. The van der Waals surface area contributed by atoms with Gasteiger partial charge in [0.2, 0.25) is 0 Å². The summed E-state index contributed by atoms with van der Waals surface area (Å²) in [5.41, 5.74) is 6.41. The molecule has 1 aromatic rings. The monoisotopic (exact) mass is 285 g/mol. The predicted molar refractivity (Wildman–Crippen MR) is 71.0 cm³/mol. The van der Waals surface area contributed by atoms with Crippen molar-refractivity contribution in [1.29, 1.82) is 0 Å². The fourth-order valence-electron chi connectivity index (χ4n) is 0.975. The van der Waals surface area contributed by atoms with Crippen LogP contribution in [0.4, 0.5) is 11.5 Å². The molecule has 0 aliphatic rings. The fraction of sp³-hybridized carbons (Fsp3) is 0.300. The van der Waals surface area contributed by atoms with Crippen molar-refractivity contribution in [1.82, 2.24) is 4.98 Å². The van der Waals surface area contributed by atoms with E-state index in [4.69, 9.17) is 12.2 Å². The molecule has 3 N–H and O–H groups in total. The summed E-state index contributed by atoms with van der Waals surface area (Å²) in [6.07, 6.45) is 6.85. The van der Waals surface area contributed by atoms with Crippen molar-refractivity contribution < 1.29 is 0 Å². The van der Waals surface area contributed by atoms with Gasteiger partial charge in [-0.15, -0.1) is 18.2 Å². The molecule has 1 heterocycles. The molecule has 15 heavy (non-hydrogen) atoms. The lowest BCUT2D eigenvalue weighted by Crippen LogP contribution is -2.08. The maximum absolute atomic E-state index is 5.77. The van der Waals surface area contributed by atoms with Crippen molar-refractivity contribution in [2.75, 3.05) is 29.1 Å². The molecule has 0 saturated heterocycles. The number of hydrogen-bond donors (Lipinski definition) is 2. The number of anilines is 2. The normalized spacial score (nSPS) is 9.60. The maximum Gasteiger partial charge on any atom is 0.149 e. The van der Waals surface area contributed by atoms with Crippen LogP contribution in [0.15, 0.2) is 16.7 Å². The van der Waals surface area contributed by atoms with E-state index in [2.05, 4.69) is 32.2 Å². The zero-order valence-corrected chi connectivity index (χ0v) is 10.6. The van der Waals surface area contributed by atoms with E-state index in [9.17, 15) is 0 Å². The Morgan fingerprint density at radius 1 is 1.67 bits per heavy atom. The van der Waals surface area contributed by atoms with Crippen LogP contribution >= 0.6 is 27.7 Å². The molecular formula is C10H12BrN3S. The Labute approximate surface area is 102 Å². The van der Waals surface area contributed by atoms with Crippen molar-refractivity contribution in [3.8, 4) is 12.3 Å². The molecule has 1 aromatic heterocycles. The summed E-state index contributed by atoms with van der Waals surface area (Å²) < 4.78 is 0.882. The minimum absolute atomic E-state index is 0.645. The first kappa shape index (κ1) is 12.2. The Morgan fingerprint density at radius 2 is 2.47 bits per heavy atom. The van der Waals surface area contributed by atoms with Crippen LogP contribution in [0, 0.1) is 12.3 Å². The number of nitrogens with zero attached hydrogens (tertiary/aromatic N) is 1. The molecule has 0 aliphatic heterocycles. The van der Waals surface area contributed by atoms with E-state index in [1.165, 1.54) is 0 Å². The van der Waals surface area contributed by atoms with E-state index in [0.717, 1.165) is 28.3 Å². The first-order valence-corrected chi connectivity index (χ1v) is 6.35. The van der Waals surface area contributed by atoms with E-state index in [-0.39, 0.29) is 0 Å². The van der Waals surface area contributed by atoms with E-state index < -0.39 is 0 Å². The Morgan fingerprint density at radius 3 is 3.13 bits per heavy atom. The second-order valence-electron chi connectivity index (χ2n) is 2.77. The average Bonchev–Trinajstić information content (AvgIpc) is 2.20. The number of nitrogens with one attached hydrogen (secondary N) is 1. The van der Waals surface area contributed by atoms with Crippen LogP contribution < -0.4 is 11.1 Å². The van der Waals surface area contributed by atoms with Crippen LogP contribution in [0.3, 0.4) is 0 Å². The minimum atomic E-state index is 0.645. The van der Waals surface area contributed by atoms with Crippen molar-refractivity contribution in [2.24, 2.45) is 0 Å². The predicted octanol–water partition coefficient (Wildman–Crippen LogP) is 2.20. The number of nitrogens with two attached hydrogens (primary N) is 1. The second kappa shape index (κ2) is 6.59. The molecule has 5 heteroatoms. The van der Waals surface area contributed by atoms with Gasteiger partial charge in [-0.1, -0.05) is 5.92 Å². The molecule has 0 radical (unpaired) electrons. The molecule has 0 bridgehead atoms. The summed E-state index contributed by atoms with van der Waals surface area (Å²) in [5.74, 6) is 4.98. The molecule has 80 valence electrons. The van der Waals surface area contributed by atoms with Crippen molar-refractivity contribution >= 4 is 39.2 Å². The third-order valence-electron chi connectivity index (χ3n) is 1.61. The second-order valence-corrected chi connectivity index (χ2v) is 4.80. The minimum Gasteiger partial charge on any atom is -0.396 e. The first-order valence-electron chi connectivity index (χ1n) is 4.40. The Kier molecular flexibility index (Phi) is 5.37. The quantitative estimate of drug-likeness (QED) is 0.643. The third kappa shape index (κ3) is 4.45. The third-order valence-corrected chi connectivity index (χ3v) is 2.91. The van der Waals surface area contributed by atoms with E-state index >= 15 is 0 Å². The Bertz CT molecular complexity index is 362. The number of pyridine rings is 1. The van der Waals surface area contributed by atoms with Gasteiger partial charge in [-0.2, -0.15) is 0 Å². The molecule has 0 fully saturated rings. The summed E-state index contributed by atoms with van der Waals surface area (Å²) in [5, 5.41) is 3.15. The van der Waals surface area contributed by atoms with E-state index in [0.29, 0.717) is 5.69 Å². The molecule has 0 saturated carbocycles. The molecule has 0 aromatic carbocycles. The average molecular weight is 286 g/mol. The summed E-state index contributed by atoms with van der Waals surface area (Å²) in [6, 6.07) is 1.82. The van der Waals surface area contributed by atoms with Gasteiger partial charge in [0.15, 0.2) is 0 Å². The standard InChI is InChI=1S/C10H12BrN3S/c1-2-4-15-5-3-13-10-9(12)6-8(11)7-14-10/h1,6-7H,3-5,12H2,(H,13,14). The maximum atomic E-state index is 5.77. The number of rotatable bonds is 5. The fourth-order valence-corrected chi connectivity index (χ4v) is 1.83. The first-order chi connectivity index (χ1) is 7.24. The topological polar surface area (TPSA) is 50.9 Å². The van der Waals surface area contributed by atoms with Crippen LogP contribution in [0.1, 0.15) is 0 Å². The summed E-state index contributed by atoms with van der Waals surface area (Å²) in [4.78, 5) is 4.16. The van der Waals surface area contributed by atoms with Crippen LogP contribution in [-0.2, 0) is 0 Å². The number of nitrogen functional groups attached to an aromatic ring is 1. The van der Waals surface area contributed by atoms with Crippen LogP contribution in [0.2, 0.25) is 0 Å². The highest BCUT2D eigenvalue weighted by atomic mass is 79.9. The summed E-state index contributed by atoms with van der Waals surface area (Å²) >= 11 is 5.01. The van der Waals surface area contributed by atoms with E-state index in [1.54, 1.807) is 18.0 Å². The molecule has 0 unspecified atom stereocenters. The number of aromatic nitrogens is 1. The zero-order valence-electron chi connectivity index (χ0n) is 8.16. The van der Waals surface area contributed by atoms with Crippen molar-refractivity contribution in [3.05, 3.63) is 16.7 Å². The smallest absolute Gasteiger partial charge is 0.149 e. The van der Waals surface area contributed by atoms with Crippen LogP contribution in [0.5, 0.6) is 0 Å². The lowest BCUT2D eigenvalue weighted by molar-refractivity contribution is 1.17. The molecule has 0 aliphatic carbocycles. The number of terminal acetylenes is 1. The number of hydrogen-bond acceptors (Lipinski definition) is 4. The molecule has 0 amide bonds. The highest BCUT2D eigenvalue weighted by Crippen LogP contribution is 2.19. The molecule has 1 rings (SSSR count). The van der Waals surface area contributed by atoms with Gasteiger partial charge in [0, 0.05) is 23.0 Å². The largest absolute Gasteiger partial charge is 0.396 e. The lowest BCUT2D eigenvalue weighted by Gasteiger charge is -2.07. The summed E-state index contributed by atoms with van der Waals surface area (Å²) in [6.45, 7) is 0.811. The zero-order chi connectivity index (χ0) is 11.1. The van der Waals surface area contributed by atoms with Crippen LogP contribution in [0.25, 0.3) is 0 Å². The van der Waals surface area contributed by atoms with Crippen LogP contribution in [-0.4, -0.2) is 23.0 Å². The van der Waals surface area contributed by atoms with Gasteiger partial charge in [0.1, 0.15) is 5.82 Å². The number of halogens is 1. The lowest BCUT2D eigenvalue weighted by atomic mass is 10.4. The molecule has 0 spiro atoms. The highest BCUT2D eigenvalue weighted by Gasteiger charge is 1.99. The van der Waals surface area contributed by atoms with Gasteiger partial charge in [-0.25, -0.2) is 4.98 Å². The summed E-state index contributed by atoms with van der Waals surface area (Å²) in [7, 11) is 0. The van der Waals surface area contributed by atoms with Crippen molar-refractivity contribution in [2.45, 2.75) is 0 Å².